The standard InChI is InChI=1S/C11H13Cl2N3O2/c12-8-5-16(18)6-9(13)10(8)15-3-1-7(2-4-15)11(14)17/h5-7H,1-4H2,(H2,14,17). The van der Waals surface area contributed by atoms with Gasteiger partial charge in [-0.25, -0.2) is 0 Å². The Morgan fingerprint density at radius 1 is 1.33 bits per heavy atom. The Hall–Kier alpha value is -1.20. The Labute approximate surface area is 115 Å². The molecule has 7 heteroatoms. The quantitative estimate of drug-likeness (QED) is 0.659. The van der Waals surface area contributed by atoms with Gasteiger partial charge in [0.15, 0.2) is 0 Å². The second-order valence-electron chi connectivity index (χ2n) is 4.33. The minimum atomic E-state index is -0.266. The van der Waals surface area contributed by atoms with Gasteiger partial charge in [-0.1, -0.05) is 23.2 Å². The van der Waals surface area contributed by atoms with E-state index in [1.165, 1.54) is 12.4 Å². The lowest BCUT2D eigenvalue weighted by Gasteiger charge is -2.32. The number of carbonyl (C=O) groups excluding carboxylic acids is 1. The molecule has 1 saturated heterocycles. The Morgan fingerprint density at radius 3 is 2.28 bits per heavy atom. The normalized spacial score (nSPS) is 16.9. The summed E-state index contributed by atoms with van der Waals surface area (Å²) in [6, 6.07) is 0. The predicted octanol–water partition coefficient (Wildman–Crippen LogP) is 1.33. The van der Waals surface area contributed by atoms with Crippen LogP contribution in [0.4, 0.5) is 5.69 Å². The van der Waals surface area contributed by atoms with Crippen LogP contribution in [0.15, 0.2) is 12.4 Å². The maximum absolute atomic E-state index is 11.2. The van der Waals surface area contributed by atoms with Crippen LogP contribution in [0, 0.1) is 11.1 Å². The molecule has 5 nitrogen and oxygen atoms in total. The monoisotopic (exact) mass is 289 g/mol. The third-order valence-electron chi connectivity index (χ3n) is 3.15. The molecule has 1 aliphatic heterocycles. The molecule has 1 fully saturated rings. The predicted molar refractivity (Wildman–Crippen MR) is 69.6 cm³/mol. The third-order valence-corrected chi connectivity index (χ3v) is 3.70. The lowest BCUT2D eigenvalue weighted by atomic mass is 9.96. The number of hydrogen-bond acceptors (Lipinski definition) is 3. The average Bonchev–Trinajstić information content (AvgIpc) is 2.28. The Bertz CT molecular complexity index is 450. The van der Waals surface area contributed by atoms with Gasteiger partial charge < -0.3 is 15.8 Å². The number of nitrogens with two attached hydrogens (primary N) is 1. The van der Waals surface area contributed by atoms with E-state index in [0.717, 1.165) is 0 Å². The fourth-order valence-electron chi connectivity index (χ4n) is 2.19. The molecule has 2 rings (SSSR count). The minimum absolute atomic E-state index is 0.0908. The molecule has 0 aliphatic carbocycles. The highest BCUT2D eigenvalue weighted by atomic mass is 35.5. The first-order valence-corrected chi connectivity index (χ1v) is 6.36. The smallest absolute Gasteiger partial charge is 0.220 e. The summed E-state index contributed by atoms with van der Waals surface area (Å²) < 4.78 is 0.574. The third kappa shape index (κ3) is 2.62. The largest absolute Gasteiger partial charge is 0.619 e. The number of rotatable bonds is 2. The Morgan fingerprint density at radius 2 is 1.83 bits per heavy atom. The second kappa shape index (κ2) is 5.20. The molecule has 1 aromatic rings. The van der Waals surface area contributed by atoms with Gasteiger partial charge in [0.05, 0.1) is 5.69 Å². The van der Waals surface area contributed by atoms with Crippen molar-refractivity contribution in [3.63, 3.8) is 0 Å². The van der Waals surface area contributed by atoms with Gasteiger partial charge in [-0.15, -0.1) is 0 Å². The van der Waals surface area contributed by atoms with Gasteiger partial charge in [0.1, 0.15) is 10.0 Å². The van der Waals surface area contributed by atoms with E-state index >= 15 is 0 Å². The average molecular weight is 290 g/mol. The van der Waals surface area contributed by atoms with Gasteiger partial charge in [-0.2, -0.15) is 4.73 Å². The molecule has 18 heavy (non-hydrogen) atoms. The molecular formula is C11H13Cl2N3O2. The number of hydrogen-bond donors (Lipinski definition) is 1. The van der Waals surface area contributed by atoms with Crippen molar-refractivity contribution in [1.29, 1.82) is 0 Å². The molecule has 0 bridgehead atoms. The molecule has 98 valence electrons. The van der Waals surface area contributed by atoms with Gasteiger partial charge in [-0.3, -0.25) is 4.79 Å². The summed E-state index contributed by atoms with van der Waals surface area (Å²) in [6.07, 6.45) is 3.88. The van der Waals surface area contributed by atoms with Crippen LogP contribution in [-0.2, 0) is 4.79 Å². The van der Waals surface area contributed by atoms with Crippen LogP contribution in [0.1, 0.15) is 12.8 Å². The van der Waals surface area contributed by atoms with E-state index in [0.29, 0.717) is 46.4 Å². The number of anilines is 1. The SMILES string of the molecule is NC(=O)C1CCN(c2c(Cl)c[n+]([O-])cc2Cl)CC1. The van der Waals surface area contributed by atoms with E-state index in [2.05, 4.69) is 0 Å². The van der Waals surface area contributed by atoms with Crippen molar-refractivity contribution in [1.82, 2.24) is 0 Å². The van der Waals surface area contributed by atoms with Crippen LogP contribution in [0.2, 0.25) is 10.0 Å². The number of pyridine rings is 1. The maximum atomic E-state index is 11.2. The molecule has 2 N–H and O–H groups in total. The van der Waals surface area contributed by atoms with Crippen molar-refractivity contribution >= 4 is 34.8 Å². The summed E-state index contributed by atoms with van der Waals surface area (Å²) >= 11 is 12.1. The molecule has 2 heterocycles. The molecule has 1 aromatic heterocycles. The van der Waals surface area contributed by atoms with Gasteiger partial charge in [0, 0.05) is 19.0 Å². The Balaban J connectivity index is 2.17. The van der Waals surface area contributed by atoms with E-state index in [9.17, 15) is 10.0 Å². The fourth-order valence-corrected chi connectivity index (χ4v) is 2.87. The zero-order valence-corrected chi connectivity index (χ0v) is 11.1. The van der Waals surface area contributed by atoms with Crippen molar-refractivity contribution in [3.8, 4) is 0 Å². The van der Waals surface area contributed by atoms with Crippen molar-refractivity contribution in [2.45, 2.75) is 12.8 Å². The summed E-state index contributed by atoms with van der Waals surface area (Å²) in [5.41, 5.74) is 5.92. The molecule has 0 spiro atoms. The Kier molecular flexibility index (Phi) is 3.82. The van der Waals surface area contributed by atoms with E-state index in [1.807, 2.05) is 4.90 Å². The van der Waals surface area contributed by atoms with Crippen molar-refractivity contribution < 1.29 is 9.52 Å². The maximum Gasteiger partial charge on any atom is 0.220 e. The summed E-state index contributed by atoms with van der Waals surface area (Å²) in [5, 5.41) is 11.8. The zero-order valence-electron chi connectivity index (χ0n) is 9.60. The number of halogens is 2. The summed E-state index contributed by atoms with van der Waals surface area (Å²) in [6.45, 7) is 1.30. The molecule has 0 radical (unpaired) electrons. The lowest BCUT2D eigenvalue weighted by molar-refractivity contribution is -0.605. The highest BCUT2D eigenvalue weighted by molar-refractivity contribution is 6.38. The van der Waals surface area contributed by atoms with Crippen molar-refractivity contribution in [2.75, 3.05) is 18.0 Å². The number of carbonyl (C=O) groups is 1. The molecular weight excluding hydrogens is 277 g/mol. The number of nitrogens with zero attached hydrogens (tertiary/aromatic N) is 2. The van der Waals surface area contributed by atoms with E-state index < -0.39 is 0 Å². The van der Waals surface area contributed by atoms with Crippen LogP contribution in [0.3, 0.4) is 0 Å². The first-order valence-electron chi connectivity index (χ1n) is 5.61. The van der Waals surface area contributed by atoms with Crippen LogP contribution >= 0.6 is 23.2 Å². The minimum Gasteiger partial charge on any atom is -0.619 e. The topological polar surface area (TPSA) is 73.3 Å². The van der Waals surface area contributed by atoms with Crippen LogP contribution in [0.5, 0.6) is 0 Å². The number of amides is 1. The van der Waals surface area contributed by atoms with Gasteiger partial charge in [0.25, 0.3) is 0 Å². The summed E-state index contributed by atoms with van der Waals surface area (Å²) in [7, 11) is 0. The summed E-state index contributed by atoms with van der Waals surface area (Å²) in [4.78, 5) is 13.1. The van der Waals surface area contributed by atoms with E-state index in [1.54, 1.807) is 0 Å². The first kappa shape index (κ1) is 13.2. The van der Waals surface area contributed by atoms with Crippen molar-refractivity contribution in [2.24, 2.45) is 11.7 Å². The number of aromatic nitrogens is 1. The van der Waals surface area contributed by atoms with Gasteiger partial charge in [-0.05, 0) is 12.8 Å². The van der Waals surface area contributed by atoms with Crippen LogP contribution in [-0.4, -0.2) is 19.0 Å². The van der Waals surface area contributed by atoms with Crippen molar-refractivity contribution in [3.05, 3.63) is 27.6 Å². The molecule has 0 saturated carbocycles. The second-order valence-corrected chi connectivity index (χ2v) is 5.14. The zero-order chi connectivity index (χ0) is 13.3. The first-order chi connectivity index (χ1) is 8.49. The van der Waals surface area contributed by atoms with Crippen LogP contribution < -0.4 is 15.4 Å². The van der Waals surface area contributed by atoms with E-state index in [4.69, 9.17) is 28.9 Å². The number of primary amides is 1. The molecule has 1 amide bonds. The highest BCUT2D eigenvalue weighted by Gasteiger charge is 2.26. The van der Waals surface area contributed by atoms with Gasteiger partial charge >= 0.3 is 0 Å². The lowest BCUT2D eigenvalue weighted by Crippen LogP contribution is -2.39. The van der Waals surface area contributed by atoms with Gasteiger partial charge in [0.2, 0.25) is 18.3 Å². The molecule has 1 aliphatic rings. The number of piperidine rings is 1. The van der Waals surface area contributed by atoms with Crippen LogP contribution in [0.25, 0.3) is 0 Å². The molecule has 0 aromatic carbocycles. The molecule has 0 unspecified atom stereocenters. The molecule has 0 atom stereocenters. The fraction of sp³-hybridized carbons (Fsp3) is 0.455. The summed E-state index contributed by atoms with van der Waals surface area (Å²) in [5.74, 6) is -0.357. The highest BCUT2D eigenvalue weighted by Crippen LogP contribution is 2.34. The van der Waals surface area contributed by atoms with E-state index in [-0.39, 0.29) is 11.8 Å².